The standard InChI is InChI=1S/C16H18O6/c1-16(2)21-13-11-10(20-15(13)22-16)12(14(17)19-11)18-8-9-6-4-3-5-7-9/h3-7,10-13,15H,8H2,1-2H3/t10-,11-,12+,13-,15-/m1/s1. The van der Waals surface area contributed by atoms with E-state index in [9.17, 15) is 4.79 Å². The highest BCUT2D eigenvalue weighted by atomic mass is 16.8. The van der Waals surface area contributed by atoms with Crippen LogP contribution in [0.1, 0.15) is 19.4 Å². The zero-order valence-electron chi connectivity index (χ0n) is 12.4. The highest BCUT2D eigenvalue weighted by Gasteiger charge is 2.63. The van der Waals surface area contributed by atoms with Crippen LogP contribution in [-0.4, -0.2) is 42.5 Å². The molecule has 1 aromatic rings. The van der Waals surface area contributed by atoms with Gasteiger partial charge < -0.3 is 23.7 Å². The van der Waals surface area contributed by atoms with Crippen molar-refractivity contribution in [3.63, 3.8) is 0 Å². The Morgan fingerprint density at radius 3 is 2.64 bits per heavy atom. The first-order valence-electron chi connectivity index (χ1n) is 7.41. The molecule has 3 fully saturated rings. The van der Waals surface area contributed by atoms with Crippen molar-refractivity contribution in [1.29, 1.82) is 0 Å². The molecule has 6 nitrogen and oxygen atoms in total. The first-order chi connectivity index (χ1) is 10.5. The normalized spacial score (nSPS) is 38.6. The predicted molar refractivity (Wildman–Crippen MR) is 73.6 cm³/mol. The summed E-state index contributed by atoms with van der Waals surface area (Å²) in [5, 5.41) is 0. The van der Waals surface area contributed by atoms with Gasteiger partial charge in [0.15, 0.2) is 30.4 Å². The molecule has 0 unspecified atom stereocenters. The predicted octanol–water partition coefficient (Wildman–Crippen LogP) is 1.37. The Hall–Kier alpha value is -1.47. The van der Waals surface area contributed by atoms with E-state index < -0.39 is 42.5 Å². The van der Waals surface area contributed by atoms with Crippen LogP contribution in [0.5, 0.6) is 0 Å². The first-order valence-corrected chi connectivity index (χ1v) is 7.41. The number of carbonyl (C=O) groups is 1. The average Bonchev–Trinajstić information content (AvgIpc) is 3.05. The summed E-state index contributed by atoms with van der Waals surface area (Å²) in [6.45, 7) is 3.95. The maximum Gasteiger partial charge on any atom is 0.338 e. The summed E-state index contributed by atoms with van der Waals surface area (Å²) in [7, 11) is 0. The van der Waals surface area contributed by atoms with E-state index in [2.05, 4.69) is 0 Å². The second-order valence-electron chi connectivity index (χ2n) is 6.19. The monoisotopic (exact) mass is 306 g/mol. The number of benzene rings is 1. The quantitative estimate of drug-likeness (QED) is 0.786. The fraction of sp³-hybridized carbons (Fsp3) is 0.562. The fourth-order valence-corrected chi connectivity index (χ4v) is 3.14. The van der Waals surface area contributed by atoms with Gasteiger partial charge in [-0.1, -0.05) is 30.3 Å². The van der Waals surface area contributed by atoms with Crippen LogP contribution in [0, 0.1) is 0 Å². The van der Waals surface area contributed by atoms with Crippen LogP contribution >= 0.6 is 0 Å². The van der Waals surface area contributed by atoms with Crippen LogP contribution < -0.4 is 0 Å². The number of fused-ring (bicyclic) bond motifs is 3. The lowest BCUT2D eigenvalue weighted by Gasteiger charge is -2.21. The van der Waals surface area contributed by atoms with Gasteiger partial charge in [0.05, 0.1) is 6.61 Å². The minimum atomic E-state index is -0.744. The number of esters is 1. The molecule has 5 atom stereocenters. The Morgan fingerprint density at radius 2 is 1.86 bits per heavy atom. The van der Waals surface area contributed by atoms with Gasteiger partial charge in [0, 0.05) is 0 Å². The third kappa shape index (κ3) is 2.32. The Balaban J connectivity index is 1.44. The minimum Gasteiger partial charge on any atom is -0.454 e. The van der Waals surface area contributed by atoms with E-state index in [-0.39, 0.29) is 0 Å². The van der Waals surface area contributed by atoms with Gasteiger partial charge in [-0.2, -0.15) is 0 Å². The SMILES string of the molecule is CC1(C)O[C@H]2O[C@@H]3[C@@H](OC(=O)[C@H]3OCc3ccccc3)[C@H]2O1. The summed E-state index contributed by atoms with van der Waals surface area (Å²) in [6, 6.07) is 9.66. The second kappa shape index (κ2) is 5.03. The molecule has 6 heteroatoms. The van der Waals surface area contributed by atoms with Crippen molar-refractivity contribution in [2.45, 2.75) is 56.9 Å². The molecule has 0 amide bonds. The zero-order valence-corrected chi connectivity index (χ0v) is 12.4. The largest absolute Gasteiger partial charge is 0.454 e. The van der Waals surface area contributed by atoms with Crippen LogP contribution in [0.4, 0.5) is 0 Å². The van der Waals surface area contributed by atoms with Crippen LogP contribution in [0.2, 0.25) is 0 Å². The number of ether oxygens (including phenoxy) is 5. The summed E-state index contributed by atoms with van der Waals surface area (Å²) >= 11 is 0. The summed E-state index contributed by atoms with van der Waals surface area (Å²) in [6.07, 6.45) is -2.61. The van der Waals surface area contributed by atoms with Crippen molar-refractivity contribution in [3.8, 4) is 0 Å². The maximum absolute atomic E-state index is 12.0. The van der Waals surface area contributed by atoms with Crippen molar-refractivity contribution >= 4 is 5.97 Å². The number of hydrogen-bond donors (Lipinski definition) is 0. The second-order valence-corrected chi connectivity index (χ2v) is 6.19. The lowest BCUT2D eigenvalue weighted by Crippen LogP contribution is -2.36. The number of hydrogen-bond acceptors (Lipinski definition) is 6. The van der Waals surface area contributed by atoms with E-state index in [1.807, 2.05) is 44.2 Å². The molecule has 4 rings (SSSR count). The molecule has 3 saturated heterocycles. The molecular formula is C16H18O6. The van der Waals surface area contributed by atoms with Crippen molar-refractivity contribution in [1.82, 2.24) is 0 Å². The van der Waals surface area contributed by atoms with Gasteiger partial charge >= 0.3 is 5.97 Å². The van der Waals surface area contributed by atoms with Gasteiger partial charge in [-0.25, -0.2) is 4.79 Å². The molecule has 0 saturated carbocycles. The maximum atomic E-state index is 12.0. The van der Waals surface area contributed by atoms with Crippen molar-refractivity contribution in [3.05, 3.63) is 35.9 Å². The van der Waals surface area contributed by atoms with Crippen LogP contribution in [0.15, 0.2) is 30.3 Å². The molecule has 0 aliphatic carbocycles. The number of rotatable bonds is 3. The molecule has 0 spiro atoms. The summed E-state index contributed by atoms with van der Waals surface area (Å²) in [4.78, 5) is 12.0. The molecule has 3 aliphatic heterocycles. The third-order valence-corrected chi connectivity index (χ3v) is 4.08. The molecule has 0 aromatic heterocycles. The van der Waals surface area contributed by atoms with E-state index in [1.165, 1.54) is 0 Å². The number of carbonyl (C=O) groups excluding carboxylic acids is 1. The zero-order chi connectivity index (χ0) is 15.3. The third-order valence-electron chi connectivity index (χ3n) is 4.08. The van der Waals surface area contributed by atoms with E-state index in [0.29, 0.717) is 6.61 Å². The Bertz CT molecular complexity index is 571. The minimum absolute atomic E-state index is 0.329. The fourth-order valence-electron chi connectivity index (χ4n) is 3.14. The van der Waals surface area contributed by atoms with Crippen LogP contribution in [0.3, 0.4) is 0 Å². The first kappa shape index (κ1) is 14.1. The van der Waals surface area contributed by atoms with Crippen LogP contribution in [-0.2, 0) is 35.1 Å². The molecule has 3 heterocycles. The van der Waals surface area contributed by atoms with Gasteiger partial charge in [0.2, 0.25) is 0 Å². The summed E-state index contributed by atoms with van der Waals surface area (Å²) in [5.74, 6) is -1.13. The molecule has 0 N–H and O–H groups in total. The van der Waals surface area contributed by atoms with Gasteiger partial charge in [-0.3, -0.25) is 0 Å². The lowest BCUT2D eigenvalue weighted by molar-refractivity contribution is -0.216. The van der Waals surface area contributed by atoms with Crippen molar-refractivity contribution in [2.24, 2.45) is 0 Å². The van der Waals surface area contributed by atoms with E-state index in [0.717, 1.165) is 5.56 Å². The molecular weight excluding hydrogens is 288 g/mol. The van der Waals surface area contributed by atoms with E-state index in [4.69, 9.17) is 23.7 Å². The van der Waals surface area contributed by atoms with E-state index >= 15 is 0 Å². The highest BCUT2D eigenvalue weighted by Crippen LogP contribution is 2.43. The van der Waals surface area contributed by atoms with Gasteiger partial charge in [-0.05, 0) is 19.4 Å². The molecule has 0 bridgehead atoms. The Morgan fingerprint density at radius 1 is 1.09 bits per heavy atom. The topological polar surface area (TPSA) is 63.2 Å². The Labute approximate surface area is 128 Å². The van der Waals surface area contributed by atoms with Crippen LogP contribution in [0.25, 0.3) is 0 Å². The van der Waals surface area contributed by atoms with Crippen molar-refractivity contribution in [2.75, 3.05) is 0 Å². The molecule has 118 valence electrons. The molecule has 0 radical (unpaired) electrons. The molecule has 3 aliphatic rings. The summed E-state index contributed by atoms with van der Waals surface area (Å²) in [5.41, 5.74) is 0.991. The smallest absolute Gasteiger partial charge is 0.338 e. The van der Waals surface area contributed by atoms with Gasteiger partial charge in [-0.15, -0.1) is 0 Å². The Kier molecular flexibility index (Phi) is 3.23. The van der Waals surface area contributed by atoms with Gasteiger partial charge in [0.25, 0.3) is 0 Å². The molecule has 22 heavy (non-hydrogen) atoms. The van der Waals surface area contributed by atoms with E-state index in [1.54, 1.807) is 0 Å². The lowest BCUT2D eigenvalue weighted by atomic mass is 10.1. The summed E-state index contributed by atoms with van der Waals surface area (Å²) < 4.78 is 28.3. The van der Waals surface area contributed by atoms with Crippen molar-refractivity contribution < 1.29 is 28.5 Å². The highest BCUT2D eigenvalue weighted by molar-refractivity contribution is 5.78. The molecule has 1 aromatic carbocycles. The van der Waals surface area contributed by atoms with Gasteiger partial charge in [0.1, 0.15) is 6.10 Å². The average molecular weight is 306 g/mol.